The number of unbranched alkanes of at least 4 members (excludes halogenated alkanes) is 26. The zero-order valence-electron chi connectivity index (χ0n) is 59.3. The monoisotopic (exact) mass is 1370 g/mol. The van der Waals surface area contributed by atoms with Crippen LogP contribution in [0.2, 0.25) is 0 Å². The van der Waals surface area contributed by atoms with E-state index < -0.39 is 91.5 Å². The van der Waals surface area contributed by atoms with Crippen molar-refractivity contribution in [1.29, 1.82) is 0 Å². The van der Waals surface area contributed by atoms with Gasteiger partial charge in [-0.15, -0.1) is 0 Å². The number of allylic oxidation sites excluding steroid dienone is 20. The van der Waals surface area contributed by atoms with Crippen LogP contribution < -0.4 is 0 Å². The van der Waals surface area contributed by atoms with Gasteiger partial charge in [0.1, 0.15) is 25.4 Å². The second kappa shape index (κ2) is 69.8. The summed E-state index contributed by atoms with van der Waals surface area (Å²) < 4.78 is 61.0. The lowest BCUT2D eigenvalue weighted by Gasteiger charge is -2.21. The van der Waals surface area contributed by atoms with Crippen LogP contribution in [0, 0.1) is 0 Å². The molecule has 0 aromatic heterocycles. The quantitative estimate of drug-likeness (QED) is 0.0146. The van der Waals surface area contributed by atoms with E-state index in [1.165, 1.54) is 51.4 Å². The first-order valence-electron chi connectivity index (χ1n) is 36.8. The largest absolute Gasteiger partial charge is 0.472 e. The second-order valence-electron chi connectivity index (χ2n) is 24.3. The summed E-state index contributed by atoms with van der Waals surface area (Å²) in [6.07, 6.45) is 80.9. The van der Waals surface area contributed by atoms with Gasteiger partial charge in [-0.25, -0.2) is 9.13 Å². The Balaban J connectivity index is 4.61. The lowest BCUT2D eigenvalue weighted by Crippen LogP contribution is -2.30. The molecule has 0 saturated carbocycles. The maximum atomic E-state index is 13.0. The lowest BCUT2D eigenvalue weighted by molar-refractivity contribution is -0.161. The average Bonchev–Trinajstić information content (AvgIpc) is 2.06. The van der Waals surface area contributed by atoms with Gasteiger partial charge >= 0.3 is 33.6 Å². The van der Waals surface area contributed by atoms with Gasteiger partial charge in [-0.2, -0.15) is 0 Å². The van der Waals surface area contributed by atoms with Crippen LogP contribution in [0.5, 0.6) is 0 Å². The fraction of sp³-hybridized carbons (Fsp3) is 0.701. The molecule has 0 aromatic carbocycles. The topological polar surface area (TPSA) is 231 Å². The molecule has 0 amide bonds. The van der Waals surface area contributed by atoms with Crippen LogP contribution in [0.1, 0.15) is 290 Å². The summed E-state index contributed by atoms with van der Waals surface area (Å²) in [5, 5.41) is 20.6. The third kappa shape index (κ3) is 71.1. The number of carbonyl (C=O) groups excluding carboxylic acids is 3. The van der Waals surface area contributed by atoms with E-state index in [-0.39, 0.29) is 19.3 Å². The molecule has 0 spiro atoms. The smallest absolute Gasteiger partial charge is 0.463 e. The summed E-state index contributed by atoms with van der Waals surface area (Å²) in [5.74, 6) is -1.60. The fourth-order valence-electron chi connectivity index (χ4n) is 9.58. The Kier molecular flexibility index (Phi) is 66.9. The first-order valence-corrected chi connectivity index (χ1v) is 39.8. The number of aliphatic hydroxyl groups excluding tert-OH is 2. The van der Waals surface area contributed by atoms with E-state index in [1.54, 1.807) is 0 Å². The minimum absolute atomic E-state index is 0.0885. The third-order valence-electron chi connectivity index (χ3n) is 15.2. The summed E-state index contributed by atoms with van der Waals surface area (Å²) in [6, 6.07) is 0. The fourth-order valence-corrected chi connectivity index (χ4v) is 11.2. The molecule has 546 valence electrons. The van der Waals surface area contributed by atoms with Gasteiger partial charge in [0.15, 0.2) is 6.10 Å². The predicted molar refractivity (Wildman–Crippen MR) is 390 cm³/mol. The number of phosphoric ester groups is 2. The van der Waals surface area contributed by atoms with Crippen molar-refractivity contribution in [3.8, 4) is 0 Å². The molecule has 95 heavy (non-hydrogen) atoms. The summed E-state index contributed by atoms with van der Waals surface area (Å²) in [6.45, 7) is 2.40. The number of hydrogen-bond donors (Lipinski definition) is 4. The van der Waals surface area contributed by atoms with Crippen LogP contribution in [0.3, 0.4) is 0 Å². The maximum Gasteiger partial charge on any atom is 0.472 e. The van der Waals surface area contributed by atoms with Gasteiger partial charge in [-0.1, -0.05) is 264 Å². The highest BCUT2D eigenvalue weighted by atomic mass is 31.2. The van der Waals surface area contributed by atoms with Crippen LogP contribution in [-0.2, 0) is 55.8 Å². The summed E-state index contributed by atoms with van der Waals surface area (Å²) in [5.41, 5.74) is 0. The molecule has 0 aromatic rings. The van der Waals surface area contributed by atoms with E-state index in [1.807, 2.05) is 0 Å². The van der Waals surface area contributed by atoms with Crippen molar-refractivity contribution in [2.75, 3.05) is 39.6 Å². The first-order chi connectivity index (χ1) is 46.2. The highest BCUT2D eigenvalue weighted by Gasteiger charge is 2.29. The number of phosphoric acid groups is 2. The van der Waals surface area contributed by atoms with E-state index >= 15 is 0 Å². The molecule has 0 bridgehead atoms. The molecule has 0 rings (SSSR count). The van der Waals surface area contributed by atoms with Crippen LogP contribution in [0.25, 0.3) is 0 Å². The number of aliphatic hydroxyl groups is 2. The molecule has 0 aliphatic rings. The molecule has 4 N–H and O–H groups in total. The molecule has 18 heteroatoms. The molecule has 0 fully saturated rings. The Labute approximate surface area is 576 Å². The number of esters is 3. The Hall–Kier alpha value is -4.05. The van der Waals surface area contributed by atoms with Crippen molar-refractivity contribution < 1.29 is 75.8 Å². The molecule has 0 aliphatic heterocycles. The zero-order chi connectivity index (χ0) is 69.5. The van der Waals surface area contributed by atoms with Crippen molar-refractivity contribution >= 4 is 33.6 Å². The van der Waals surface area contributed by atoms with E-state index in [9.17, 15) is 43.5 Å². The van der Waals surface area contributed by atoms with Gasteiger partial charge in [0, 0.05) is 19.3 Å². The molecular formula is C77H132O16P2. The van der Waals surface area contributed by atoms with Gasteiger partial charge in [0.2, 0.25) is 0 Å². The van der Waals surface area contributed by atoms with Crippen molar-refractivity contribution in [3.63, 3.8) is 0 Å². The maximum absolute atomic E-state index is 13.0. The van der Waals surface area contributed by atoms with Gasteiger partial charge in [0.25, 0.3) is 0 Å². The standard InChI is InChI=1S/C77H132O16P2/c1-4-7-10-13-16-19-22-25-28-31-32-33-34-35-36-37-38-41-43-45-48-51-54-57-60-63-75(80)87-66-72(78)67-89-94(83,84)90-68-73(79)69-91-95(85,86)92-71-74(93-77(82)65-62-59-56-53-50-47-44-40-30-27-24-21-18-15-12-9-6-3)70-88-76(81)64-61-58-55-52-49-46-42-39-29-26-23-20-17-14-11-8-5-2/h8-9,11-12,16-21,25-30,32-33,35-36,72-74,78-79H,4-7,10,13-15,22-24,31,34,37-71H2,1-3H3,(H,83,84)(H,85,86)/b11-8-,12-9-,19-16-,20-17-,21-18-,28-25-,29-26-,30-27-,33-32-,36-35-. The van der Waals surface area contributed by atoms with Gasteiger partial charge in [0.05, 0.1) is 26.4 Å². The summed E-state index contributed by atoms with van der Waals surface area (Å²) in [7, 11) is -9.79. The molecule has 0 heterocycles. The Morgan fingerprint density at radius 3 is 0.884 bits per heavy atom. The minimum Gasteiger partial charge on any atom is -0.463 e. The Morgan fingerprint density at radius 2 is 0.558 bits per heavy atom. The lowest BCUT2D eigenvalue weighted by atomic mass is 10.1. The molecule has 5 atom stereocenters. The number of hydrogen-bond acceptors (Lipinski definition) is 14. The highest BCUT2D eigenvalue weighted by molar-refractivity contribution is 7.47. The molecule has 0 saturated heterocycles. The average molecular weight is 1380 g/mol. The number of rotatable bonds is 69. The molecule has 5 unspecified atom stereocenters. The third-order valence-corrected chi connectivity index (χ3v) is 17.1. The Morgan fingerprint density at radius 1 is 0.305 bits per heavy atom. The SMILES string of the molecule is CC/C=C\C/C=C\C/C=C\CCCCCCCCCC(=O)OCC(COP(=O)(O)OCC(O)COP(=O)(O)OCC(O)COC(=O)CCCCCCCCCCC/C=C\C/C=C\C/C=C\C/C=C\CCCCC)OC(=O)CCCCCCCCC/C=C\C/C=C\C/C=C\CC. The Bertz CT molecular complexity index is 2210. The van der Waals surface area contributed by atoms with Crippen molar-refractivity contribution in [3.05, 3.63) is 122 Å². The van der Waals surface area contributed by atoms with Gasteiger partial charge in [-0.05, 0) is 128 Å². The molecule has 0 aliphatic carbocycles. The molecular weight excluding hydrogens is 1240 g/mol. The van der Waals surface area contributed by atoms with Gasteiger partial charge < -0.3 is 34.2 Å². The normalized spacial score (nSPS) is 14.8. The predicted octanol–water partition coefficient (Wildman–Crippen LogP) is 21.0. The second-order valence-corrected chi connectivity index (χ2v) is 27.2. The van der Waals surface area contributed by atoms with Crippen LogP contribution >= 0.6 is 15.6 Å². The first kappa shape index (κ1) is 91.0. The van der Waals surface area contributed by atoms with E-state index in [0.29, 0.717) is 19.3 Å². The zero-order valence-corrected chi connectivity index (χ0v) is 61.1. The van der Waals surface area contributed by atoms with Crippen LogP contribution in [0.15, 0.2) is 122 Å². The summed E-state index contributed by atoms with van der Waals surface area (Å²) in [4.78, 5) is 58.5. The summed E-state index contributed by atoms with van der Waals surface area (Å²) >= 11 is 0. The van der Waals surface area contributed by atoms with E-state index in [0.717, 1.165) is 180 Å². The van der Waals surface area contributed by atoms with Crippen LogP contribution in [-0.4, -0.2) is 95.9 Å². The molecule has 0 radical (unpaired) electrons. The minimum atomic E-state index is -4.93. The number of ether oxygens (including phenoxy) is 3. The van der Waals surface area contributed by atoms with Crippen molar-refractivity contribution in [2.45, 2.75) is 309 Å². The highest BCUT2D eigenvalue weighted by Crippen LogP contribution is 2.45. The van der Waals surface area contributed by atoms with Crippen LogP contribution in [0.4, 0.5) is 0 Å². The van der Waals surface area contributed by atoms with E-state index in [4.69, 9.17) is 32.3 Å². The number of carbonyl (C=O) groups is 3. The van der Waals surface area contributed by atoms with E-state index in [2.05, 4.69) is 142 Å². The van der Waals surface area contributed by atoms with Gasteiger partial charge in [-0.3, -0.25) is 32.5 Å². The van der Waals surface area contributed by atoms with Crippen molar-refractivity contribution in [1.82, 2.24) is 0 Å². The molecule has 16 nitrogen and oxygen atoms in total. The van der Waals surface area contributed by atoms with Crippen molar-refractivity contribution in [2.24, 2.45) is 0 Å².